The molecule has 6 heteroatoms. The number of rotatable bonds is 4. The third-order valence-corrected chi connectivity index (χ3v) is 5.45. The topological polar surface area (TPSA) is 61.9 Å². The number of carbonyl (C=O) groups excluding carboxylic acids is 2. The number of piperidine rings is 1. The Morgan fingerprint density at radius 2 is 1.69 bits per heavy atom. The minimum absolute atomic E-state index is 0.00630. The molecule has 0 bridgehead atoms. The van der Waals surface area contributed by atoms with Gasteiger partial charge in [0.05, 0.1) is 19.3 Å². The van der Waals surface area contributed by atoms with Crippen LogP contribution in [0.25, 0.3) is 0 Å². The lowest BCUT2D eigenvalue weighted by Gasteiger charge is -2.37. The highest BCUT2D eigenvalue weighted by Crippen LogP contribution is 2.22. The quantitative estimate of drug-likeness (QED) is 0.892. The zero-order chi connectivity index (χ0) is 18.5. The average Bonchev–Trinajstić information content (AvgIpc) is 2.69. The summed E-state index contributed by atoms with van der Waals surface area (Å²) in [5.74, 6) is 0.341. The first-order valence-corrected chi connectivity index (χ1v) is 9.52. The molecule has 26 heavy (non-hydrogen) atoms. The maximum absolute atomic E-state index is 12.6. The van der Waals surface area contributed by atoms with Gasteiger partial charge in [0.15, 0.2) is 0 Å². The van der Waals surface area contributed by atoms with Gasteiger partial charge in [0.2, 0.25) is 11.8 Å². The van der Waals surface area contributed by atoms with E-state index in [1.54, 1.807) is 0 Å². The molecular formula is C20H29N3O3. The zero-order valence-electron chi connectivity index (χ0n) is 15.7. The number of nitrogens with one attached hydrogen (secondary N) is 1. The molecule has 3 rings (SSSR count). The molecule has 1 unspecified atom stereocenters. The van der Waals surface area contributed by atoms with Crippen LogP contribution < -0.4 is 5.32 Å². The van der Waals surface area contributed by atoms with Gasteiger partial charge in [0.25, 0.3) is 0 Å². The number of amides is 2. The number of hydrogen-bond acceptors (Lipinski definition) is 4. The summed E-state index contributed by atoms with van der Waals surface area (Å²) in [6, 6.07) is 7.63. The Hall–Kier alpha value is -1.92. The standard InChI is InChI=1S/C20H29N3O3/c1-15-3-5-18(6-4-15)21-19(24)16(2)22-9-7-17(8-10-22)20(25)23-11-13-26-14-12-23/h3-6,16-17H,7-14H2,1-2H3,(H,21,24). The van der Waals surface area contributed by atoms with Crippen molar-refractivity contribution in [3.05, 3.63) is 29.8 Å². The highest BCUT2D eigenvalue weighted by Gasteiger charge is 2.32. The van der Waals surface area contributed by atoms with Gasteiger partial charge >= 0.3 is 0 Å². The number of ether oxygens (including phenoxy) is 1. The first-order chi connectivity index (χ1) is 12.5. The van der Waals surface area contributed by atoms with Crippen LogP contribution in [-0.2, 0) is 14.3 Å². The predicted octanol–water partition coefficient (Wildman–Crippen LogP) is 1.89. The molecule has 1 atom stereocenters. The molecule has 0 aliphatic carbocycles. The van der Waals surface area contributed by atoms with E-state index in [2.05, 4.69) is 10.2 Å². The molecule has 1 aromatic carbocycles. The van der Waals surface area contributed by atoms with E-state index in [9.17, 15) is 9.59 Å². The van der Waals surface area contributed by atoms with E-state index in [0.717, 1.165) is 31.6 Å². The number of morpholine rings is 1. The molecule has 2 fully saturated rings. The van der Waals surface area contributed by atoms with Crippen molar-refractivity contribution in [3.63, 3.8) is 0 Å². The Kier molecular flexibility index (Phi) is 6.27. The number of anilines is 1. The van der Waals surface area contributed by atoms with E-state index in [1.807, 2.05) is 43.0 Å². The predicted molar refractivity (Wildman–Crippen MR) is 101 cm³/mol. The second-order valence-electron chi connectivity index (χ2n) is 7.28. The third-order valence-electron chi connectivity index (χ3n) is 5.45. The van der Waals surface area contributed by atoms with E-state index >= 15 is 0 Å². The highest BCUT2D eigenvalue weighted by atomic mass is 16.5. The van der Waals surface area contributed by atoms with Crippen LogP contribution in [0.4, 0.5) is 5.69 Å². The monoisotopic (exact) mass is 359 g/mol. The maximum atomic E-state index is 12.6. The van der Waals surface area contributed by atoms with Crippen molar-refractivity contribution >= 4 is 17.5 Å². The fourth-order valence-electron chi connectivity index (χ4n) is 3.63. The van der Waals surface area contributed by atoms with Crippen LogP contribution in [0.2, 0.25) is 0 Å². The lowest BCUT2D eigenvalue weighted by Crippen LogP contribution is -2.50. The number of aryl methyl sites for hydroxylation is 1. The Balaban J connectivity index is 1.48. The molecule has 0 aromatic heterocycles. The molecule has 0 saturated carbocycles. The number of likely N-dealkylation sites (tertiary alicyclic amines) is 1. The zero-order valence-corrected chi connectivity index (χ0v) is 15.7. The number of nitrogens with zero attached hydrogens (tertiary/aromatic N) is 2. The number of benzene rings is 1. The van der Waals surface area contributed by atoms with Crippen molar-refractivity contribution in [2.75, 3.05) is 44.7 Å². The summed E-state index contributed by atoms with van der Waals surface area (Å²) in [5.41, 5.74) is 1.99. The summed E-state index contributed by atoms with van der Waals surface area (Å²) in [5, 5.41) is 2.98. The van der Waals surface area contributed by atoms with Crippen molar-refractivity contribution in [2.45, 2.75) is 32.7 Å². The van der Waals surface area contributed by atoms with Crippen LogP contribution in [0.3, 0.4) is 0 Å². The van der Waals surface area contributed by atoms with E-state index < -0.39 is 0 Å². The summed E-state index contributed by atoms with van der Waals surface area (Å²) < 4.78 is 5.32. The van der Waals surface area contributed by atoms with Crippen LogP contribution in [0.15, 0.2) is 24.3 Å². The average molecular weight is 359 g/mol. The first kappa shape index (κ1) is 18.9. The van der Waals surface area contributed by atoms with Gasteiger partial charge in [-0.1, -0.05) is 17.7 Å². The van der Waals surface area contributed by atoms with Gasteiger partial charge in [-0.2, -0.15) is 0 Å². The van der Waals surface area contributed by atoms with Crippen molar-refractivity contribution in [1.29, 1.82) is 0 Å². The van der Waals surface area contributed by atoms with Crippen LogP contribution in [0.5, 0.6) is 0 Å². The van der Waals surface area contributed by atoms with Gasteiger partial charge in [0.1, 0.15) is 0 Å². The van der Waals surface area contributed by atoms with E-state index in [-0.39, 0.29) is 23.8 Å². The molecule has 142 valence electrons. The Morgan fingerprint density at radius 1 is 1.08 bits per heavy atom. The molecule has 2 aliphatic heterocycles. The molecule has 2 amide bonds. The Labute approximate surface area is 155 Å². The fourth-order valence-corrected chi connectivity index (χ4v) is 3.63. The van der Waals surface area contributed by atoms with Crippen LogP contribution >= 0.6 is 0 Å². The second-order valence-corrected chi connectivity index (χ2v) is 7.28. The lowest BCUT2D eigenvalue weighted by molar-refractivity contribution is -0.141. The van der Waals surface area contributed by atoms with Crippen LogP contribution in [0.1, 0.15) is 25.3 Å². The first-order valence-electron chi connectivity index (χ1n) is 9.52. The molecule has 0 radical (unpaired) electrons. The molecular weight excluding hydrogens is 330 g/mol. The molecule has 0 spiro atoms. The van der Waals surface area contributed by atoms with Gasteiger partial charge < -0.3 is 15.0 Å². The summed E-state index contributed by atoms with van der Waals surface area (Å²) in [4.78, 5) is 29.2. The van der Waals surface area contributed by atoms with Gasteiger partial charge in [0, 0.05) is 24.7 Å². The Morgan fingerprint density at radius 3 is 2.31 bits per heavy atom. The van der Waals surface area contributed by atoms with Crippen molar-refractivity contribution in [3.8, 4) is 0 Å². The van der Waals surface area contributed by atoms with Crippen LogP contribution in [0, 0.1) is 12.8 Å². The SMILES string of the molecule is Cc1ccc(NC(=O)C(C)N2CCC(C(=O)N3CCOCC3)CC2)cc1. The normalized spacial score (nSPS) is 20.6. The molecule has 2 aliphatic rings. The van der Waals surface area contributed by atoms with E-state index in [0.29, 0.717) is 26.3 Å². The minimum atomic E-state index is -0.198. The molecule has 2 heterocycles. The summed E-state index contributed by atoms with van der Waals surface area (Å²) in [7, 11) is 0. The number of hydrogen-bond donors (Lipinski definition) is 1. The second kappa shape index (κ2) is 8.64. The minimum Gasteiger partial charge on any atom is -0.378 e. The van der Waals surface area contributed by atoms with Gasteiger partial charge in [-0.15, -0.1) is 0 Å². The summed E-state index contributed by atoms with van der Waals surface area (Å²) in [6.07, 6.45) is 1.64. The highest BCUT2D eigenvalue weighted by molar-refractivity contribution is 5.94. The molecule has 6 nitrogen and oxygen atoms in total. The van der Waals surface area contributed by atoms with Gasteiger partial charge in [-0.05, 0) is 51.9 Å². The third kappa shape index (κ3) is 4.62. The molecule has 2 saturated heterocycles. The van der Waals surface area contributed by atoms with Crippen molar-refractivity contribution in [2.24, 2.45) is 5.92 Å². The Bertz CT molecular complexity index is 618. The summed E-state index contributed by atoms with van der Waals surface area (Å²) in [6.45, 7) is 8.21. The van der Waals surface area contributed by atoms with Crippen molar-refractivity contribution in [1.82, 2.24) is 9.80 Å². The van der Waals surface area contributed by atoms with E-state index in [1.165, 1.54) is 5.56 Å². The van der Waals surface area contributed by atoms with Gasteiger partial charge in [-0.3, -0.25) is 14.5 Å². The molecule has 1 N–H and O–H groups in total. The largest absolute Gasteiger partial charge is 0.378 e. The van der Waals surface area contributed by atoms with Crippen molar-refractivity contribution < 1.29 is 14.3 Å². The smallest absolute Gasteiger partial charge is 0.241 e. The van der Waals surface area contributed by atoms with Gasteiger partial charge in [-0.25, -0.2) is 0 Å². The van der Waals surface area contributed by atoms with Crippen LogP contribution in [-0.4, -0.2) is 67.0 Å². The molecule has 1 aromatic rings. The fraction of sp³-hybridized carbons (Fsp3) is 0.600. The lowest BCUT2D eigenvalue weighted by atomic mass is 9.94. The maximum Gasteiger partial charge on any atom is 0.241 e. The van der Waals surface area contributed by atoms with E-state index in [4.69, 9.17) is 4.74 Å². The number of carbonyl (C=O) groups is 2. The summed E-state index contributed by atoms with van der Waals surface area (Å²) >= 11 is 0.